The van der Waals surface area contributed by atoms with Gasteiger partial charge in [0, 0.05) is 12.2 Å². The number of ether oxygens (including phenoxy) is 2. The number of halogens is 1. The van der Waals surface area contributed by atoms with Crippen LogP contribution in [-0.4, -0.2) is 42.1 Å². The van der Waals surface area contributed by atoms with Crippen molar-refractivity contribution < 1.29 is 19.1 Å². The number of amidine groups is 1. The first-order valence-electron chi connectivity index (χ1n) is 11.6. The molecule has 0 aliphatic carbocycles. The maximum atomic E-state index is 13.0. The lowest BCUT2D eigenvalue weighted by Crippen LogP contribution is -2.28. The van der Waals surface area contributed by atoms with Gasteiger partial charge in [0.15, 0.2) is 11.8 Å². The fourth-order valence-corrected chi connectivity index (χ4v) is 5.06. The van der Waals surface area contributed by atoms with Gasteiger partial charge in [-0.05, 0) is 102 Å². The van der Waals surface area contributed by atoms with Crippen LogP contribution in [0.1, 0.15) is 18.1 Å². The minimum absolute atomic E-state index is 0.0935. The van der Waals surface area contributed by atoms with Crippen LogP contribution in [0.3, 0.4) is 0 Å². The Morgan fingerprint density at radius 2 is 1.84 bits per heavy atom. The Kier molecular flexibility index (Phi) is 8.68. The molecule has 4 rings (SSSR count). The molecule has 0 aromatic heterocycles. The molecule has 190 valence electrons. The molecule has 0 atom stereocenters. The summed E-state index contributed by atoms with van der Waals surface area (Å²) in [4.78, 5) is 32.1. The second-order valence-corrected chi connectivity index (χ2v) is 10.0. The number of methoxy groups -OCH3 is 1. The Balaban J connectivity index is 1.43. The summed E-state index contributed by atoms with van der Waals surface area (Å²) in [5.41, 5.74) is 3.40. The number of amides is 2. The molecule has 1 fully saturated rings. The highest BCUT2D eigenvalue weighted by Gasteiger charge is 2.32. The number of nitrogens with zero attached hydrogens (tertiary/aromatic N) is 2. The summed E-state index contributed by atoms with van der Waals surface area (Å²) in [7, 11) is 1.61. The smallest absolute Gasteiger partial charge is 0.266 e. The summed E-state index contributed by atoms with van der Waals surface area (Å²) in [6.07, 6.45) is 1.82. The van der Waals surface area contributed by atoms with E-state index in [0.717, 1.165) is 28.3 Å². The van der Waals surface area contributed by atoms with Gasteiger partial charge in [0.25, 0.3) is 11.8 Å². The van der Waals surface area contributed by atoms with Crippen LogP contribution in [0.5, 0.6) is 11.5 Å². The normalized spacial score (nSPS) is 15.4. The highest BCUT2D eigenvalue weighted by molar-refractivity contribution is 9.10. The summed E-state index contributed by atoms with van der Waals surface area (Å²) >= 11 is 4.84. The lowest BCUT2D eigenvalue weighted by atomic mass is 10.2. The number of aliphatic imine (C=N–C) groups is 1. The van der Waals surface area contributed by atoms with Crippen molar-refractivity contribution in [2.24, 2.45) is 4.99 Å². The number of hydrogen-bond donors (Lipinski definition) is 1. The number of carbonyl (C=O) groups is 2. The van der Waals surface area contributed by atoms with E-state index in [2.05, 4.69) is 26.2 Å². The van der Waals surface area contributed by atoms with E-state index in [1.165, 1.54) is 11.8 Å². The number of likely N-dealkylation sites (N-methyl/N-ethyl adjacent to an activating group) is 1. The summed E-state index contributed by atoms with van der Waals surface area (Å²) in [5.74, 6) is 0.933. The molecule has 37 heavy (non-hydrogen) atoms. The van der Waals surface area contributed by atoms with Gasteiger partial charge >= 0.3 is 0 Å². The molecule has 2 amide bonds. The molecule has 1 aliphatic rings. The van der Waals surface area contributed by atoms with Crippen LogP contribution in [0.2, 0.25) is 0 Å². The van der Waals surface area contributed by atoms with Crippen LogP contribution in [0, 0.1) is 6.92 Å². The van der Waals surface area contributed by atoms with Crippen LogP contribution < -0.4 is 14.8 Å². The zero-order valence-electron chi connectivity index (χ0n) is 20.7. The fourth-order valence-electron chi connectivity index (χ4n) is 3.49. The minimum atomic E-state index is -0.252. The van der Waals surface area contributed by atoms with Gasteiger partial charge in [-0.1, -0.05) is 23.8 Å². The van der Waals surface area contributed by atoms with Crippen LogP contribution in [0.15, 0.2) is 81.1 Å². The molecule has 0 saturated carbocycles. The number of benzene rings is 3. The van der Waals surface area contributed by atoms with E-state index in [9.17, 15) is 9.59 Å². The maximum Gasteiger partial charge on any atom is 0.266 e. The third kappa shape index (κ3) is 6.81. The summed E-state index contributed by atoms with van der Waals surface area (Å²) in [6, 6.07) is 20.4. The maximum absolute atomic E-state index is 13.0. The third-order valence-corrected chi connectivity index (χ3v) is 7.08. The molecule has 3 aromatic rings. The van der Waals surface area contributed by atoms with E-state index in [4.69, 9.17) is 9.47 Å². The summed E-state index contributed by atoms with van der Waals surface area (Å²) < 4.78 is 11.6. The average molecular weight is 581 g/mol. The number of anilines is 1. The van der Waals surface area contributed by atoms with E-state index in [-0.39, 0.29) is 18.4 Å². The van der Waals surface area contributed by atoms with Gasteiger partial charge in [-0.15, -0.1) is 0 Å². The van der Waals surface area contributed by atoms with E-state index < -0.39 is 0 Å². The number of rotatable bonds is 8. The predicted molar refractivity (Wildman–Crippen MR) is 152 cm³/mol. The van der Waals surface area contributed by atoms with Crippen molar-refractivity contribution in [3.63, 3.8) is 0 Å². The first kappa shape index (κ1) is 26.5. The number of carbonyl (C=O) groups excluding carboxylic acids is 2. The Bertz CT molecular complexity index is 1350. The van der Waals surface area contributed by atoms with E-state index in [1.807, 2.05) is 80.6 Å². The molecule has 9 heteroatoms. The van der Waals surface area contributed by atoms with Crippen molar-refractivity contribution in [1.82, 2.24) is 4.90 Å². The minimum Gasteiger partial charge on any atom is -0.497 e. The van der Waals surface area contributed by atoms with Crippen LogP contribution in [-0.2, 0) is 9.59 Å². The van der Waals surface area contributed by atoms with Crippen molar-refractivity contribution >= 4 is 62.1 Å². The van der Waals surface area contributed by atoms with Gasteiger partial charge in [-0.25, -0.2) is 4.99 Å². The lowest BCUT2D eigenvalue weighted by molar-refractivity contribution is -0.122. The van der Waals surface area contributed by atoms with E-state index in [1.54, 1.807) is 18.1 Å². The molecule has 1 N–H and O–H groups in total. The largest absolute Gasteiger partial charge is 0.497 e. The molecule has 0 radical (unpaired) electrons. The number of nitrogens with one attached hydrogen (secondary N) is 1. The lowest BCUT2D eigenvalue weighted by Gasteiger charge is -2.12. The van der Waals surface area contributed by atoms with Gasteiger partial charge in [-0.2, -0.15) is 0 Å². The van der Waals surface area contributed by atoms with E-state index in [0.29, 0.717) is 26.8 Å². The third-order valence-electron chi connectivity index (χ3n) is 5.45. The summed E-state index contributed by atoms with van der Waals surface area (Å²) in [5, 5.41) is 3.44. The molecule has 0 spiro atoms. The number of hydrogen-bond acceptors (Lipinski definition) is 6. The molecule has 7 nitrogen and oxygen atoms in total. The average Bonchev–Trinajstić information content (AvgIpc) is 3.18. The zero-order chi connectivity index (χ0) is 26.4. The topological polar surface area (TPSA) is 80.2 Å². The summed E-state index contributed by atoms with van der Waals surface area (Å²) in [6.45, 7) is 4.29. The SMILES string of the molecule is CCN1C(=O)/C(=C\c2ccc(OCC(=O)Nc3ccc(C)cc3)c(Br)c2)SC1=Nc1ccc(OC)cc1. The quantitative estimate of drug-likeness (QED) is 0.312. The number of thioether (sulfide) groups is 1. The molecule has 0 unspecified atom stereocenters. The number of aryl methyl sites for hydroxylation is 1. The Morgan fingerprint density at radius 3 is 2.49 bits per heavy atom. The van der Waals surface area contributed by atoms with Crippen LogP contribution in [0.4, 0.5) is 11.4 Å². The molecular formula is C28H26BrN3O4S. The molecule has 1 aliphatic heterocycles. The Morgan fingerprint density at radius 1 is 1.11 bits per heavy atom. The van der Waals surface area contributed by atoms with E-state index >= 15 is 0 Å². The fraction of sp³-hybridized carbons (Fsp3) is 0.179. The van der Waals surface area contributed by atoms with Gasteiger partial charge in [0.1, 0.15) is 11.5 Å². The second kappa shape index (κ2) is 12.1. The van der Waals surface area contributed by atoms with Gasteiger partial charge in [0.2, 0.25) is 0 Å². The van der Waals surface area contributed by atoms with Crippen LogP contribution >= 0.6 is 27.7 Å². The predicted octanol–water partition coefficient (Wildman–Crippen LogP) is 6.41. The Labute approximate surface area is 228 Å². The monoisotopic (exact) mass is 579 g/mol. The van der Waals surface area contributed by atoms with Gasteiger partial charge in [-0.3, -0.25) is 14.5 Å². The standard InChI is InChI=1S/C28H26BrN3O4S/c1-4-32-27(34)25(37-28(32)31-21-10-12-22(35-3)13-11-21)16-19-7-14-24(23(29)15-19)36-17-26(33)30-20-8-5-18(2)6-9-20/h5-16H,4,17H2,1-3H3,(H,30,33)/b25-16+,31-28?. The second-order valence-electron chi connectivity index (χ2n) is 8.15. The van der Waals surface area contributed by atoms with Crippen molar-refractivity contribution in [3.05, 3.63) is 87.2 Å². The molecule has 0 bridgehead atoms. The molecule has 3 aromatic carbocycles. The van der Waals surface area contributed by atoms with Crippen molar-refractivity contribution in [2.45, 2.75) is 13.8 Å². The zero-order valence-corrected chi connectivity index (χ0v) is 23.1. The van der Waals surface area contributed by atoms with Crippen molar-refractivity contribution in [3.8, 4) is 11.5 Å². The van der Waals surface area contributed by atoms with Gasteiger partial charge < -0.3 is 14.8 Å². The highest BCUT2D eigenvalue weighted by Crippen LogP contribution is 2.35. The molecule has 1 saturated heterocycles. The molecular weight excluding hydrogens is 554 g/mol. The Hall–Kier alpha value is -3.56. The van der Waals surface area contributed by atoms with Crippen LogP contribution in [0.25, 0.3) is 6.08 Å². The first-order valence-corrected chi connectivity index (χ1v) is 13.2. The van der Waals surface area contributed by atoms with Crippen molar-refractivity contribution in [1.29, 1.82) is 0 Å². The van der Waals surface area contributed by atoms with Gasteiger partial charge in [0.05, 0.1) is 22.2 Å². The highest BCUT2D eigenvalue weighted by atomic mass is 79.9. The van der Waals surface area contributed by atoms with Crippen molar-refractivity contribution in [2.75, 3.05) is 25.6 Å². The molecule has 1 heterocycles. The first-order chi connectivity index (χ1) is 17.9.